The van der Waals surface area contributed by atoms with Crippen LogP contribution in [0, 0.1) is 11.8 Å². The summed E-state index contributed by atoms with van der Waals surface area (Å²) in [6.45, 7) is 11.6. The molecule has 0 fully saturated rings. The first-order valence-corrected chi connectivity index (χ1v) is 10.4. The Morgan fingerprint density at radius 1 is 1.10 bits per heavy atom. The van der Waals surface area contributed by atoms with E-state index >= 15 is 0 Å². The van der Waals surface area contributed by atoms with E-state index in [0.717, 1.165) is 31.6 Å². The molecule has 1 amide bonds. The molecule has 0 bridgehead atoms. The van der Waals surface area contributed by atoms with Gasteiger partial charge in [0.2, 0.25) is 5.91 Å². The summed E-state index contributed by atoms with van der Waals surface area (Å²) in [6.07, 6.45) is 7.10. The zero-order valence-corrected chi connectivity index (χ0v) is 18.2. The Labute approximate surface area is 174 Å². The summed E-state index contributed by atoms with van der Waals surface area (Å²) in [6, 6.07) is 0. The Hall–Kier alpha value is -2.06. The second-order valence-electron chi connectivity index (χ2n) is 7.69. The van der Waals surface area contributed by atoms with Crippen LogP contribution in [0.2, 0.25) is 0 Å². The van der Waals surface area contributed by atoms with Gasteiger partial charge in [-0.15, -0.1) is 5.10 Å². The third-order valence-corrected chi connectivity index (χ3v) is 4.00. The molecule has 0 saturated heterocycles. The Morgan fingerprint density at radius 2 is 1.86 bits per heavy atom. The molecule has 0 aliphatic carbocycles. The highest BCUT2D eigenvalue weighted by molar-refractivity contribution is 5.98. The van der Waals surface area contributed by atoms with Crippen molar-refractivity contribution in [1.29, 1.82) is 0 Å². The lowest BCUT2D eigenvalue weighted by atomic mass is 10.1. The molecule has 0 aromatic carbocycles. The maximum atomic E-state index is 11.6. The molecular formula is C21H36N4O4. The number of amides is 1. The second-order valence-corrected chi connectivity index (χ2v) is 7.69. The lowest BCUT2D eigenvalue weighted by Gasteiger charge is -2.07. The number of ketones is 1. The van der Waals surface area contributed by atoms with Gasteiger partial charge in [-0.05, 0) is 31.3 Å². The predicted octanol–water partition coefficient (Wildman–Crippen LogP) is 2.19. The molecule has 0 atom stereocenters. The van der Waals surface area contributed by atoms with E-state index in [2.05, 4.69) is 29.5 Å². The van der Waals surface area contributed by atoms with Gasteiger partial charge in [0.15, 0.2) is 5.78 Å². The topological polar surface area (TPSA) is 95.3 Å². The number of hydrogen-bond acceptors (Lipinski definition) is 6. The summed E-state index contributed by atoms with van der Waals surface area (Å²) < 4.78 is 12.8. The number of rotatable bonds is 16. The van der Waals surface area contributed by atoms with Crippen LogP contribution in [0.25, 0.3) is 0 Å². The Kier molecular flexibility index (Phi) is 12.8. The smallest absolute Gasteiger partial charge is 0.244 e. The predicted molar refractivity (Wildman–Crippen MR) is 111 cm³/mol. The number of allylic oxidation sites excluding steroid dienone is 1. The molecule has 0 saturated carbocycles. The van der Waals surface area contributed by atoms with Crippen molar-refractivity contribution in [3.05, 3.63) is 24.0 Å². The van der Waals surface area contributed by atoms with Crippen molar-refractivity contribution < 1.29 is 19.1 Å². The van der Waals surface area contributed by atoms with Gasteiger partial charge in [0.1, 0.15) is 0 Å². The third kappa shape index (κ3) is 12.9. The lowest BCUT2D eigenvalue weighted by Crippen LogP contribution is -2.22. The fourth-order valence-electron chi connectivity index (χ4n) is 2.31. The number of aryl methyl sites for hydroxylation is 1. The molecule has 29 heavy (non-hydrogen) atoms. The molecular weight excluding hydrogens is 372 g/mol. The monoisotopic (exact) mass is 408 g/mol. The molecule has 8 nitrogen and oxygen atoms in total. The van der Waals surface area contributed by atoms with Gasteiger partial charge in [-0.3, -0.25) is 9.59 Å². The van der Waals surface area contributed by atoms with Crippen molar-refractivity contribution in [1.82, 2.24) is 20.3 Å². The first-order valence-electron chi connectivity index (χ1n) is 10.4. The minimum atomic E-state index is -0.237. The molecule has 1 aromatic rings. The standard InChI is InChI=1S/C21H36N4O4/c1-17(2)16-29-14-13-28-12-11-25-15-19(23-24-25)7-5-6-10-22-21(27)9-8-20(26)18(3)4/h8-9,15,17-18H,5-7,10-14,16H2,1-4H3,(H,22,27)/b9-8+. The van der Waals surface area contributed by atoms with Gasteiger partial charge in [-0.2, -0.15) is 0 Å². The van der Waals surface area contributed by atoms with E-state index in [1.165, 1.54) is 12.2 Å². The SMILES string of the molecule is CC(C)COCCOCCn1cc(CCCCNC(=O)/C=C/C(=O)C(C)C)nn1. The van der Waals surface area contributed by atoms with E-state index in [0.29, 0.717) is 38.8 Å². The van der Waals surface area contributed by atoms with Gasteiger partial charge in [0.05, 0.1) is 32.1 Å². The van der Waals surface area contributed by atoms with Gasteiger partial charge >= 0.3 is 0 Å². The molecule has 8 heteroatoms. The van der Waals surface area contributed by atoms with E-state index < -0.39 is 0 Å². The molecule has 1 aromatic heterocycles. The van der Waals surface area contributed by atoms with Gasteiger partial charge in [-0.25, -0.2) is 4.68 Å². The molecule has 0 spiro atoms. The van der Waals surface area contributed by atoms with Crippen molar-refractivity contribution in [2.75, 3.05) is 33.0 Å². The number of aromatic nitrogens is 3. The van der Waals surface area contributed by atoms with Crippen LogP contribution in [0.5, 0.6) is 0 Å². The van der Waals surface area contributed by atoms with Crippen LogP contribution in [0.3, 0.4) is 0 Å². The average Bonchev–Trinajstić information content (AvgIpc) is 3.12. The first-order chi connectivity index (χ1) is 13.9. The zero-order chi connectivity index (χ0) is 21.5. The minimum absolute atomic E-state index is 0.0481. The third-order valence-electron chi connectivity index (χ3n) is 4.00. The highest BCUT2D eigenvalue weighted by atomic mass is 16.5. The lowest BCUT2D eigenvalue weighted by molar-refractivity contribution is -0.119. The van der Waals surface area contributed by atoms with Crippen LogP contribution in [0.1, 0.15) is 46.2 Å². The Morgan fingerprint density at radius 3 is 2.59 bits per heavy atom. The van der Waals surface area contributed by atoms with E-state index in [-0.39, 0.29) is 17.6 Å². The van der Waals surface area contributed by atoms with Crippen LogP contribution in [0.4, 0.5) is 0 Å². The minimum Gasteiger partial charge on any atom is -0.379 e. The average molecular weight is 409 g/mol. The fourth-order valence-corrected chi connectivity index (χ4v) is 2.31. The largest absolute Gasteiger partial charge is 0.379 e. The summed E-state index contributed by atoms with van der Waals surface area (Å²) in [5.74, 6) is 0.160. The molecule has 0 aliphatic rings. The highest BCUT2D eigenvalue weighted by Crippen LogP contribution is 2.01. The normalized spacial score (nSPS) is 11.7. The number of hydrogen-bond donors (Lipinski definition) is 1. The highest BCUT2D eigenvalue weighted by Gasteiger charge is 2.04. The summed E-state index contributed by atoms with van der Waals surface area (Å²) in [7, 11) is 0. The van der Waals surface area contributed by atoms with Crippen molar-refractivity contribution in [3.63, 3.8) is 0 Å². The number of carbonyl (C=O) groups excluding carboxylic acids is 2. The molecule has 164 valence electrons. The molecule has 0 radical (unpaired) electrons. The van der Waals surface area contributed by atoms with Gasteiger partial charge < -0.3 is 14.8 Å². The van der Waals surface area contributed by atoms with Gasteiger partial charge in [0.25, 0.3) is 0 Å². The van der Waals surface area contributed by atoms with E-state index in [9.17, 15) is 9.59 Å². The van der Waals surface area contributed by atoms with Crippen molar-refractivity contribution in [2.24, 2.45) is 11.8 Å². The summed E-state index contributed by atoms with van der Waals surface area (Å²) in [5, 5.41) is 11.0. The van der Waals surface area contributed by atoms with Crippen LogP contribution >= 0.6 is 0 Å². The molecule has 0 unspecified atom stereocenters. The maximum Gasteiger partial charge on any atom is 0.244 e. The molecule has 0 aliphatic heterocycles. The van der Waals surface area contributed by atoms with Crippen LogP contribution < -0.4 is 5.32 Å². The molecule has 1 heterocycles. The molecule has 1 rings (SSSR count). The van der Waals surface area contributed by atoms with Crippen LogP contribution in [-0.2, 0) is 32.0 Å². The quantitative estimate of drug-likeness (QED) is 0.333. The summed E-state index contributed by atoms with van der Waals surface area (Å²) in [4.78, 5) is 23.1. The summed E-state index contributed by atoms with van der Waals surface area (Å²) >= 11 is 0. The van der Waals surface area contributed by atoms with E-state index in [1.54, 1.807) is 18.5 Å². The number of nitrogens with zero attached hydrogens (tertiary/aromatic N) is 3. The number of ether oxygens (including phenoxy) is 2. The maximum absolute atomic E-state index is 11.6. The first kappa shape index (κ1) is 25.0. The van der Waals surface area contributed by atoms with Crippen LogP contribution in [0.15, 0.2) is 18.3 Å². The van der Waals surface area contributed by atoms with Crippen molar-refractivity contribution in [2.45, 2.75) is 53.5 Å². The van der Waals surface area contributed by atoms with E-state index in [1.807, 2.05) is 6.20 Å². The van der Waals surface area contributed by atoms with E-state index in [4.69, 9.17) is 9.47 Å². The van der Waals surface area contributed by atoms with Crippen LogP contribution in [-0.4, -0.2) is 59.7 Å². The summed E-state index contributed by atoms with van der Waals surface area (Å²) in [5.41, 5.74) is 0.930. The van der Waals surface area contributed by atoms with Crippen molar-refractivity contribution in [3.8, 4) is 0 Å². The number of unbranched alkanes of at least 4 members (excludes halogenated alkanes) is 1. The number of carbonyl (C=O) groups is 2. The zero-order valence-electron chi connectivity index (χ0n) is 18.2. The Bertz CT molecular complexity index is 626. The Balaban J connectivity index is 2.07. The van der Waals surface area contributed by atoms with Crippen molar-refractivity contribution >= 4 is 11.7 Å². The number of nitrogens with one attached hydrogen (secondary N) is 1. The van der Waals surface area contributed by atoms with Gasteiger partial charge in [0, 0.05) is 31.3 Å². The molecule has 1 N–H and O–H groups in total. The van der Waals surface area contributed by atoms with Gasteiger partial charge in [-0.1, -0.05) is 32.9 Å². The fraction of sp³-hybridized carbons (Fsp3) is 0.714. The second kappa shape index (κ2) is 14.9.